The Labute approximate surface area is 122 Å². The lowest BCUT2D eigenvalue weighted by Gasteiger charge is -2.19. The average molecular weight is 283 g/mol. The molecule has 0 bridgehead atoms. The summed E-state index contributed by atoms with van der Waals surface area (Å²) >= 11 is 0. The Hall–Kier alpha value is -2.21. The van der Waals surface area contributed by atoms with Crippen molar-refractivity contribution in [1.82, 2.24) is 25.2 Å². The molecule has 1 unspecified atom stereocenters. The van der Waals surface area contributed by atoms with Crippen LogP contribution in [0.5, 0.6) is 0 Å². The van der Waals surface area contributed by atoms with E-state index in [0.717, 1.165) is 35.4 Å². The van der Waals surface area contributed by atoms with Gasteiger partial charge in [0.05, 0.1) is 11.6 Å². The van der Waals surface area contributed by atoms with Crippen molar-refractivity contribution in [2.24, 2.45) is 7.05 Å². The first-order chi connectivity index (χ1) is 10.3. The van der Waals surface area contributed by atoms with Crippen LogP contribution in [0, 0.1) is 0 Å². The first kappa shape index (κ1) is 12.5. The second-order valence-corrected chi connectivity index (χ2v) is 5.45. The Kier molecular flexibility index (Phi) is 2.96. The molecular weight excluding hydrogens is 266 g/mol. The van der Waals surface area contributed by atoms with E-state index in [1.807, 2.05) is 36.0 Å². The number of aryl methyl sites for hydroxylation is 1. The van der Waals surface area contributed by atoms with E-state index in [9.17, 15) is 0 Å². The normalized spacial score (nSPS) is 19.2. The van der Waals surface area contributed by atoms with Gasteiger partial charge in [0, 0.05) is 12.4 Å². The van der Waals surface area contributed by atoms with Crippen molar-refractivity contribution >= 4 is 10.9 Å². The number of hydrogen-bond donors (Lipinski definition) is 1. The Morgan fingerprint density at radius 2 is 2.19 bits per heavy atom. The highest BCUT2D eigenvalue weighted by Gasteiger charge is 2.22. The largest absolute Gasteiger partial charge is 0.332 e. The summed E-state index contributed by atoms with van der Waals surface area (Å²) in [5, 5.41) is 13.1. The Morgan fingerprint density at radius 1 is 1.29 bits per heavy atom. The zero-order chi connectivity index (χ0) is 14.2. The number of piperidine rings is 1. The number of hydrogen-bond acceptors (Lipinski definition) is 5. The fraction of sp³-hybridized carbons (Fsp3) is 0.400. The van der Waals surface area contributed by atoms with E-state index in [4.69, 9.17) is 4.52 Å². The number of rotatable bonds is 2. The molecule has 6 heteroatoms. The van der Waals surface area contributed by atoms with Crippen molar-refractivity contribution in [3.05, 3.63) is 30.1 Å². The highest BCUT2D eigenvalue weighted by Crippen LogP contribution is 2.28. The molecule has 1 N–H and O–H groups in total. The standard InChI is InChI=1S/C15H17N5O/c1-20-12-8-3-2-6-10(12)13(18-20)15-17-14(19-21-15)11-7-4-5-9-16-11/h2-3,6,8,11,16H,4-5,7,9H2,1H3. The maximum atomic E-state index is 5.45. The third-order valence-corrected chi connectivity index (χ3v) is 4.02. The van der Waals surface area contributed by atoms with Crippen LogP contribution in [0.2, 0.25) is 0 Å². The van der Waals surface area contributed by atoms with Gasteiger partial charge >= 0.3 is 0 Å². The van der Waals surface area contributed by atoms with E-state index >= 15 is 0 Å². The van der Waals surface area contributed by atoms with Crippen LogP contribution < -0.4 is 5.32 Å². The van der Waals surface area contributed by atoms with Crippen LogP contribution in [-0.2, 0) is 7.05 Å². The van der Waals surface area contributed by atoms with Crippen LogP contribution in [0.3, 0.4) is 0 Å². The van der Waals surface area contributed by atoms with E-state index in [0.29, 0.717) is 5.89 Å². The minimum Gasteiger partial charge on any atom is -0.332 e. The lowest BCUT2D eigenvalue weighted by molar-refractivity contribution is 0.366. The van der Waals surface area contributed by atoms with Gasteiger partial charge in [0.2, 0.25) is 0 Å². The van der Waals surface area contributed by atoms with Crippen molar-refractivity contribution in [3.8, 4) is 11.6 Å². The van der Waals surface area contributed by atoms with Crippen molar-refractivity contribution < 1.29 is 4.52 Å². The van der Waals surface area contributed by atoms with E-state index in [1.165, 1.54) is 12.8 Å². The van der Waals surface area contributed by atoms with E-state index in [-0.39, 0.29) is 6.04 Å². The smallest absolute Gasteiger partial charge is 0.279 e. The predicted octanol–water partition coefficient (Wildman–Crippen LogP) is 2.44. The van der Waals surface area contributed by atoms with Crippen molar-refractivity contribution in [1.29, 1.82) is 0 Å². The Balaban J connectivity index is 1.74. The van der Waals surface area contributed by atoms with Gasteiger partial charge in [0.25, 0.3) is 5.89 Å². The van der Waals surface area contributed by atoms with Crippen LogP contribution in [0.15, 0.2) is 28.8 Å². The van der Waals surface area contributed by atoms with Crippen LogP contribution in [0.25, 0.3) is 22.5 Å². The molecule has 0 spiro atoms. The van der Waals surface area contributed by atoms with Crippen LogP contribution in [0.4, 0.5) is 0 Å². The first-order valence-corrected chi connectivity index (χ1v) is 7.32. The SMILES string of the molecule is Cn1nc(-c2nc(C3CCCCN3)no2)c2ccccc21. The molecule has 1 aliphatic rings. The molecule has 1 aromatic carbocycles. The lowest BCUT2D eigenvalue weighted by atomic mass is 10.0. The molecule has 0 saturated carbocycles. The number of aromatic nitrogens is 4. The van der Waals surface area contributed by atoms with Gasteiger partial charge in [-0.3, -0.25) is 4.68 Å². The summed E-state index contributed by atoms with van der Waals surface area (Å²) in [4.78, 5) is 4.55. The van der Waals surface area contributed by atoms with Gasteiger partial charge in [0.1, 0.15) is 0 Å². The molecule has 108 valence electrons. The summed E-state index contributed by atoms with van der Waals surface area (Å²) in [7, 11) is 1.92. The van der Waals surface area contributed by atoms with Crippen LogP contribution in [0.1, 0.15) is 31.1 Å². The van der Waals surface area contributed by atoms with Gasteiger partial charge in [-0.2, -0.15) is 10.1 Å². The van der Waals surface area contributed by atoms with Gasteiger partial charge in [-0.05, 0) is 25.5 Å². The molecule has 1 atom stereocenters. The van der Waals surface area contributed by atoms with Gasteiger partial charge in [0.15, 0.2) is 11.5 Å². The van der Waals surface area contributed by atoms with Crippen LogP contribution in [-0.4, -0.2) is 26.5 Å². The summed E-state index contributed by atoms with van der Waals surface area (Å²) in [6, 6.07) is 8.25. The number of nitrogens with zero attached hydrogens (tertiary/aromatic N) is 4. The monoisotopic (exact) mass is 283 g/mol. The third kappa shape index (κ3) is 2.12. The summed E-state index contributed by atoms with van der Waals surface area (Å²) in [6.07, 6.45) is 3.47. The summed E-state index contributed by atoms with van der Waals surface area (Å²) < 4.78 is 7.29. The van der Waals surface area contributed by atoms with Crippen molar-refractivity contribution in [2.45, 2.75) is 25.3 Å². The quantitative estimate of drug-likeness (QED) is 0.782. The van der Waals surface area contributed by atoms with E-state index in [1.54, 1.807) is 0 Å². The molecule has 2 aromatic heterocycles. The van der Waals surface area contributed by atoms with E-state index in [2.05, 4.69) is 20.6 Å². The molecular formula is C15H17N5O. The maximum absolute atomic E-state index is 5.45. The van der Waals surface area contributed by atoms with Crippen molar-refractivity contribution in [3.63, 3.8) is 0 Å². The Morgan fingerprint density at radius 3 is 3.05 bits per heavy atom. The molecule has 3 aromatic rings. The summed E-state index contributed by atoms with van der Waals surface area (Å²) in [5.74, 6) is 1.23. The molecule has 1 saturated heterocycles. The molecule has 0 aliphatic carbocycles. The summed E-state index contributed by atoms with van der Waals surface area (Å²) in [6.45, 7) is 1.01. The zero-order valence-corrected chi connectivity index (χ0v) is 11.9. The minimum atomic E-state index is 0.200. The van der Waals surface area contributed by atoms with Gasteiger partial charge in [-0.1, -0.05) is 29.8 Å². The second kappa shape index (κ2) is 4.96. The number of nitrogens with one attached hydrogen (secondary N) is 1. The lowest BCUT2D eigenvalue weighted by Crippen LogP contribution is -2.27. The highest BCUT2D eigenvalue weighted by molar-refractivity contribution is 5.91. The Bertz CT molecular complexity index is 769. The molecule has 0 radical (unpaired) electrons. The number of benzene rings is 1. The summed E-state index contributed by atoms with van der Waals surface area (Å²) in [5.41, 5.74) is 1.81. The predicted molar refractivity (Wildman–Crippen MR) is 78.6 cm³/mol. The topological polar surface area (TPSA) is 68.8 Å². The fourth-order valence-electron chi connectivity index (χ4n) is 2.92. The van der Waals surface area contributed by atoms with Crippen molar-refractivity contribution in [2.75, 3.05) is 6.54 Å². The minimum absolute atomic E-state index is 0.200. The number of fused-ring (bicyclic) bond motifs is 1. The molecule has 1 fully saturated rings. The maximum Gasteiger partial charge on any atom is 0.279 e. The van der Waals surface area contributed by atoms with Gasteiger partial charge in [-0.15, -0.1) is 0 Å². The second-order valence-electron chi connectivity index (χ2n) is 5.45. The molecule has 21 heavy (non-hydrogen) atoms. The molecule has 4 rings (SSSR count). The van der Waals surface area contributed by atoms with Crippen LogP contribution >= 0.6 is 0 Å². The molecule has 1 aliphatic heterocycles. The molecule has 3 heterocycles. The first-order valence-electron chi connectivity index (χ1n) is 7.32. The van der Waals surface area contributed by atoms with E-state index < -0.39 is 0 Å². The molecule has 6 nitrogen and oxygen atoms in total. The van der Waals surface area contributed by atoms with Gasteiger partial charge < -0.3 is 9.84 Å². The molecule has 0 amide bonds. The third-order valence-electron chi connectivity index (χ3n) is 4.02. The number of para-hydroxylation sites is 1. The zero-order valence-electron chi connectivity index (χ0n) is 11.9. The highest BCUT2D eigenvalue weighted by atomic mass is 16.5. The average Bonchev–Trinajstić information content (AvgIpc) is 3.14. The van der Waals surface area contributed by atoms with Gasteiger partial charge in [-0.25, -0.2) is 0 Å². The fourth-order valence-corrected chi connectivity index (χ4v) is 2.92.